The Morgan fingerprint density at radius 3 is 2.78 bits per heavy atom. The molecule has 2 atom stereocenters. The first-order valence-corrected chi connectivity index (χ1v) is 7.83. The van der Waals surface area contributed by atoms with Gasteiger partial charge in [0.1, 0.15) is 12.6 Å². The van der Waals surface area contributed by atoms with Crippen LogP contribution < -0.4 is 5.73 Å². The summed E-state index contributed by atoms with van der Waals surface area (Å²) in [4.78, 5) is 24.3. The zero-order valence-corrected chi connectivity index (χ0v) is 12.4. The molecule has 0 spiro atoms. The Hall–Kier alpha value is -2.22. The van der Waals surface area contributed by atoms with Crippen molar-refractivity contribution in [2.75, 3.05) is 13.1 Å². The van der Waals surface area contributed by atoms with Gasteiger partial charge in [-0.05, 0) is 0 Å². The molecule has 13 heteroatoms. The topological polar surface area (TPSA) is 168 Å². The van der Waals surface area contributed by atoms with Gasteiger partial charge >= 0.3 is 22.4 Å². The van der Waals surface area contributed by atoms with Crippen LogP contribution in [0.15, 0.2) is 6.20 Å². The molecule has 3 heterocycles. The quantitative estimate of drug-likeness (QED) is 0.536. The molecule has 23 heavy (non-hydrogen) atoms. The molecule has 0 saturated carbocycles. The molecule has 3 rings (SSSR count). The second-order valence-corrected chi connectivity index (χ2v) is 6.10. The highest BCUT2D eigenvalue weighted by Gasteiger charge is 2.51. The lowest BCUT2D eigenvalue weighted by Crippen LogP contribution is -2.38. The number of aromatic nitrogens is 2. The molecule has 0 unspecified atom stereocenters. The molecule has 2 aliphatic rings. The molecule has 1 aromatic rings. The zero-order chi connectivity index (χ0) is 16.9. The summed E-state index contributed by atoms with van der Waals surface area (Å²) in [6.07, 6.45) is 1.40. The van der Waals surface area contributed by atoms with Crippen LogP contribution in [0.2, 0.25) is 0 Å². The molecule has 1 aromatic heterocycles. The summed E-state index contributed by atoms with van der Waals surface area (Å²) in [5, 5.41) is 13.5. The predicted molar refractivity (Wildman–Crippen MR) is 71.0 cm³/mol. The first-order valence-electron chi connectivity index (χ1n) is 6.47. The van der Waals surface area contributed by atoms with Crippen LogP contribution in [0.25, 0.3) is 0 Å². The van der Waals surface area contributed by atoms with E-state index < -0.39 is 41.0 Å². The highest BCUT2D eigenvalue weighted by atomic mass is 32.3. The van der Waals surface area contributed by atoms with Crippen LogP contribution in [0, 0.1) is 0 Å². The lowest BCUT2D eigenvalue weighted by molar-refractivity contribution is -0.137. The van der Waals surface area contributed by atoms with Crippen molar-refractivity contribution in [1.29, 1.82) is 0 Å². The molecule has 1 fully saturated rings. The standard InChI is InChI=1S/C10H13N5O7S/c11-1-6-9-5(2-13(12-9)4-8(16)17)7-3-14(6)10(18)15(7)22-23(19,20)21/h2,6-7H,1,3-4,11H2,(H,16,17)(H,19,20,21)/t6-,7-/m1/s1. The van der Waals surface area contributed by atoms with Crippen LogP contribution in [0.3, 0.4) is 0 Å². The summed E-state index contributed by atoms with van der Waals surface area (Å²) in [6, 6.07) is -2.26. The van der Waals surface area contributed by atoms with Crippen LogP contribution >= 0.6 is 0 Å². The predicted octanol–water partition coefficient (Wildman–Crippen LogP) is -1.51. The Bertz CT molecular complexity index is 775. The molecule has 4 N–H and O–H groups in total. The van der Waals surface area contributed by atoms with Gasteiger partial charge in [0, 0.05) is 18.3 Å². The van der Waals surface area contributed by atoms with E-state index in [0.29, 0.717) is 16.3 Å². The number of hydrogen-bond acceptors (Lipinski definition) is 7. The van der Waals surface area contributed by atoms with E-state index in [1.807, 2.05) is 0 Å². The maximum absolute atomic E-state index is 12.2. The number of hydrogen-bond donors (Lipinski definition) is 3. The van der Waals surface area contributed by atoms with Crippen molar-refractivity contribution < 1.29 is 31.9 Å². The van der Waals surface area contributed by atoms with E-state index in [4.69, 9.17) is 15.4 Å². The lowest BCUT2D eigenvalue weighted by atomic mass is 9.98. The molecule has 2 bridgehead atoms. The summed E-state index contributed by atoms with van der Waals surface area (Å²) in [5.41, 5.74) is 6.46. The van der Waals surface area contributed by atoms with E-state index in [9.17, 15) is 18.0 Å². The first kappa shape index (κ1) is 15.7. The molecule has 1 saturated heterocycles. The Morgan fingerprint density at radius 1 is 1.52 bits per heavy atom. The number of nitrogens with zero attached hydrogens (tertiary/aromatic N) is 4. The summed E-state index contributed by atoms with van der Waals surface area (Å²) in [5.74, 6) is -1.11. The number of aliphatic carboxylic acids is 1. The fourth-order valence-electron chi connectivity index (χ4n) is 2.84. The minimum absolute atomic E-state index is 0.00919. The Balaban J connectivity index is 2.03. The number of hydroxylamine groups is 2. The monoisotopic (exact) mass is 347 g/mol. The van der Waals surface area contributed by atoms with E-state index in [1.165, 1.54) is 11.1 Å². The van der Waals surface area contributed by atoms with Gasteiger partial charge in [0.15, 0.2) is 0 Å². The fraction of sp³-hybridized carbons (Fsp3) is 0.500. The molecule has 0 radical (unpaired) electrons. The number of amides is 2. The van der Waals surface area contributed by atoms with E-state index in [2.05, 4.69) is 9.38 Å². The smallest absolute Gasteiger partial charge is 0.418 e. The van der Waals surface area contributed by atoms with Crippen molar-refractivity contribution >= 4 is 22.4 Å². The third kappa shape index (κ3) is 2.63. The molecular formula is C10H13N5O7S. The van der Waals surface area contributed by atoms with E-state index in [-0.39, 0.29) is 13.1 Å². The van der Waals surface area contributed by atoms with Gasteiger partial charge in [-0.25, -0.2) is 4.79 Å². The Labute approximate surface area is 129 Å². The molecule has 12 nitrogen and oxygen atoms in total. The SMILES string of the molecule is NC[C@@H]1c2nn(CC(=O)O)cc2[C@H]2CN1C(=O)N2OS(=O)(=O)O. The number of fused-ring (bicyclic) bond motifs is 4. The highest BCUT2D eigenvalue weighted by Crippen LogP contribution is 2.43. The number of carbonyl (C=O) groups is 2. The number of nitrogens with two attached hydrogens (primary N) is 1. The van der Waals surface area contributed by atoms with Gasteiger partial charge in [-0.2, -0.15) is 18.6 Å². The number of carboxylic acid groups (broad SMARTS) is 1. The normalized spacial score (nSPS) is 23.3. The van der Waals surface area contributed by atoms with Crippen LogP contribution in [-0.4, -0.2) is 62.9 Å². The molecule has 0 aliphatic carbocycles. The maximum Gasteiger partial charge on any atom is 0.418 e. The van der Waals surface area contributed by atoms with Crippen molar-refractivity contribution in [3.63, 3.8) is 0 Å². The fourth-order valence-corrected chi connectivity index (χ4v) is 3.21. The van der Waals surface area contributed by atoms with Crippen molar-refractivity contribution in [3.05, 3.63) is 17.5 Å². The van der Waals surface area contributed by atoms with Gasteiger partial charge in [-0.1, -0.05) is 0 Å². The van der Waals surface area contributed by atoms with Gasteiger partial charge in [0.05, 0.1) is 18.3 Å². The zero-order valence-electron chi connectivity index (χ0n) is 11.6. The number of rotatable bonds is 5. The summed E-state index contributed by atoms with van der Waals surface area (Å²) < 4.78 is 36.2. The van der Waals surface area contributed by atoms with E-state index in [0.717, 1.165) is 4.68 Å². The first-order chi connectivity index (χ1) is 10.7. The summed E-state index contributed by atoms with van der Waals surface area (Å²) in [6.45, 7) is -0.304. The second kappa shape index (κ2) is 5.16. The Morgan fingerprint density at radius 2 is 2.22 bits per heavy atom. The summed E-state index contributed by atoms with van der Waals surface area (Å²) in [7, 11) is -4.89. The van der Waals surface area contributed by atoms with Crippen LogP contribution in [0.5, 0.6) is 0 Å². The second-order valence-electron chi connectivity index (χ2n) is 5.09. The van der Waals surface area contributed by atoms with Crippen LogP contribution in [0.1, 0.15) is 23.3 Å². The highest BCUT2D eigenvalue weighted by molar-refractivity contribution is 7.80. The minimum Gasteiger partial charge on any atom is -0.480 e. The largest absolute Gasteiger partial charge is 0.480 e. The average molecular weight is 347 g/mol. The van der Waals surface area contributed by atoms with Gasteiger partial charge in [-0.3, -0.25) is 14.0 Å². The lowest BCUT2D eigenvalue weighted by Gasteiger charge is -2.28. The van der Waals surface area contributed by atoms with Gasteiger partial charge in [-0.15, -0.1) is 4.28 Å². The van der Waals surface area contributed by atoms with Crippen molar-refractivity contribution in [2.45, 2.75) is 18.6 Å². The molecule has 126 valence electrons. The number of carboxylic acids is 1. The minimum atomic E-state index is -4.89. The molecule has 2 amide bonds. The number of carbonyl (C=O) groups excluding carboxylic acids is 1. The van der Waals surface area contributed by atoms with Crippen molar-refractivity contribution in [2.24, 2.45) is 5.73 Å². The third-order valence-corrected chi connectivity index (χ3v) is 4.00. The molecule has 0 aromatic carbocycles. The molecule has 2 aliphatic heterocycles. The number of urea groups is 1. The Kier molecular flexibility index (Phi) is 3.51. The van der Waals surface area contributed by atoms with Crippen LogP contribution in [-0.2, 0) is 26.0 Å². The van der Waals surface area contributed by atoms with Crippen molar-refractivity contribution in [1.82, 2.24) is 19.7 Å². The summed E-state index contributed by atoms with van der Waals surface area (Å²) >= 11 is 0. The average Bonchev–Trinajstić information content (AvgIpc) is 2.93. The van der Waals surface area contributed by atoms with E-state index in [1.54, 1.807) is 0 Å². The van der Waals surface area contributed by atoms with Gasteiger partial charge in [0.2, 0.25) is 0 Å². The third-order valence-electron chi connectivity index (χ3n) is 3.65. The van der Waals surface area contributed by atoms with Gasteiger partial charge < -0.3 is 15.7 Å². The van der Waals surface area contributed by atoms with E-state index >= 15 is 0 Å². The van der Waals surface area contributed by atoms with Gasteiger partial charge in [0.25, 0.3) is 0 Å². The van der Waals surface area contributed by atoms with Crippen LogP contribution in [0.4, 0.5) is 4.79 Å². The molecular weight excluding hydrogens is 334 g/mol. The maximum atomic E-state index is 12.2. The van der Waals surface area contributed by atoms with Crippen molar-refractivity contribution in [3.8, 4) is 0 Å².